The second kappa shape index (κ2) is 7.58. The van der Waals surface area contributed by atoms with E-state index in [2.05, 4.69) is 26.6 Å². The minimum absolute atomic E-state index is 0.00477. The lowest BCUT2D eigenvalue weighted by molar-refractivity contribution is -0.142. The van der Waals surface area contributed by atoms with Crippen molar-refractivity contribution >= 4 is 27.9 Å². The lowest BCUT2D eigenvalue weighted by Gasteiger charge is -2.26. The number of urea groups is 1. The molecule has 0 aliphatic heterocycles. The van der Waals surface area contributed by atoms with Crippen LogP contribution in [0.25, 0.3) is 0 Å². The third-order valence-corrected chi connectivity index (χ3v) is 4.24. The van der Waals surface area contributed by atoms with E-state index in [-0.39, 0.29) is 30.4 Å². The number of halogens is 2. The molecule has 2 rings (SSSR count). The number of nitrogens with one attached hydrogen (secondary N) is 2. The zero-order valence-corrected chi connectivity index (χ0v) is 13.5. The first-order valence-electron chi connectivity index (χ1n) is 7.16. The maximum absolute atomic E-state index is 13.2. The molecule has 1 fully saturated rings. The van der Waals surface area contributed by atoms with Gasteiger partial charge in [-0.25, -0.2) is 9.18 Å². The second-order valence-electron chi connectivity index (χ2n) is 5.49. The number of carboxylic acid groups (broad SMARTS) is 1. The summed E-state index contributed by atoms with van der Waals surface area (Å²) < 4.78 is 13.8. The zero-order valence-electron chi connectivity index (χ0n) is 11.9. The highest BCUT2D eigenvalue weighted by molar-refractivity contribution is 9.10. The molecule has 1 saturated carbocycles. The van der Waals surface area contributed by atoms with Gasteiger partial charge in [0, 0.05) is 17.1 Å². The third kappa shape index (κ3) is 4.98. The average molecular weight is 373 g/mol. The first kappa shape index (κ1) is 16.7. The summed E-state index contributed by atoms with van der Waals surface area (Å²) in [5, 5.41) is 14.4. The highest BCUT2D eigenvalue weighted by Gasteiger charge is 2.26. The van der Waals surface area contributed by atoms with E-state index in [1.807, 2.05) is 0 Å². The fraction of sp³-hybridized carbons (Fsp3) is 0.467. The lowest BCUT2D eigenvalue weighted by Crippen LogP contribution is -2.43. The summed E-state index contributed by atoms with van der Waals surface area (Å²) in [7, 11) is 0. The van der Waals surface area contributed by atoms with Crippen LogP contribution in [0.3, 0.4) is 0 Å². The van der Waals surface area contributed by atoms with Gasteiger partial charge in [0.25, 0.3) is 0 Å². The van der Waals surface area contributed by atoms with Crippen LogP contribution >= 0.6 is 15.9 Å². The van der Waals surface area contributed by atoms with Gasteiger partial charge in [-0.3, -0.25) is 4.79 Å². The predicted octanol–water partition coefficient (Wildman–Crippen LogP) is 3.03. The van der Waals surface area contributed by atoms with Crippen molar-refractivity contribution in [3.8, 4) is 0 Å². The SMILES string of the molecule is O=C(NCc1cc(F)cc(Br)c1)NC1CCC(C(=O)O)CC1. The quantitative estimate of drug-likeness (QED) is 0.759. The summed E-state index contributed by atoms with van der Waals surface area (Å²) in [5.74, 6) is -1.43. The monoisotopic (exact) mass is 372 g/mol. The van der Waals surface area contributed by atoms with E-state index in [0.717, 1.165) is 0 Å². The Morgan fingerprint density at radius 1 is 1.23 bits per heavy atom. The minimum Gasteiger partial charge on any atom is -0.481 e. The van der Waals surface area contributed by atoms with Crippen LogP contribution in [0, 0.1) is 11.7 Å². The van der Waals surface area contributed by atoms with Crippen LogP contribution < -0.4 is 10.6 Å². The molecular weight excluding hydrogens is 355 g/mol. The van der Waals surface area contributed by atoms with Crippen LogP contribution in [0.1, 0.15) is 31.2 Å². The van der Waals surface area contributed by atoms with Crippen molar-refractivity contribution in [2.24, 2.45) is 5.92 Å². The number of amides is 2. The van der Waals surface area contributed by atoms with Crippen LogP contribution in [-0.2, 0) is 11.3 Å². The van der Waals surface area contributed by atoms with Crippen LogP contribution in [0.4, 0.5) is 9.18 Å². The van der Waals surface area contributed by atoms with E-state index in [0.29, 0.717) is 35.7 Å². The third-order valence-electron chi connectivity index (χ3n) is 3.79. The first-order valence-corrected chi connectivity index (χ1v) is 7.95. The number of hydrogen-bond acceptors (Lipinski definition) is 2. The lowest BCUT2D eigenvalue weighted by atomic mass is 9.86. The van der Waals surface area contributed by atoms with Gasteiger partial charge in [-0.1, -0.05) is 15.9 Å². The highest BCUT2D eigenvalue weighted by Crippen LogP contribution is 2.24. The molecular formula is C15H18BrFN2O3. The Balaban J connectivity index is 1.75. The van der Waals surface area contributed by atoms with E-state index in [9.17, 15) is 14.0 Å². The molecule has 0 atom stereocenters. The molecule has 1 aliphatic carbocycles. The predicted molar refractivity (Wildman–Crippen MR) is 82.9 cm³/mol. The maximum Gasteiger partial charge on any atom is 0.315 e. The van der Waals surface area contributed by atoms with Crippen LogP contribution in [0.5, 0.6) is 0 Å². The Morgan fingerprint density at radius 3 is 2.50 bits per heavy atom. The molecule has 1 aromatic rings. The molecule has 1 aromatic carbocycles. The molecule has 0 spiro atoms. The summed E-state index contributed by atoms with van der Waals surface area (Å²) in [4.78, 5) is 22.7. The van der Waals surface area contributed by atoms with E-state index in [1.165, 1.54) is 12.1 Å². The molecule has 0 aromatic heterocycles. The van der Waals surface area contributed by atoms with Crippen molar-refractivity contribution in [1.29, 1.82) is 0 Å². The topological polar surface area (TPSA) is 78.4 Å². The molecule has 0 saturated heterocycles. The van der Waals surface area contributed by atoms with Crippen molar-refractivity contribution in [2.45, 2.75) is 38.3 Å². The van der Waals surface area contributed by atoms with Crippen LogP contribution in [0.15, 0.2) is 22.7 Å². The van der Waals surface area contributed by atoms with Gasteiger partial charge in [-0.2, -0.15) is 0 Å². The largest absolute Gasteiger partial charge is 0.481 e. The molecule has 0 heterocycles. The summed E-state index contributed by atoms with van der Waals surface area (Å²) >= 11 is 3.20. The Kier molecular flexibility index (Phi) is 5.76. The Hall–Kier alpha value is -1.63. The highest BCUT2D eigenvalue weighted by atomic mass is 79.9. The maximum atomic E-state index is 13.2. The fourth-order valence-corrected chi connectivity index (χ4v) is 3.13. The van der Waals surface area contributed by atoms with E-state index < -0.39 is 5.97 Å². The number of aliphatic carboxylic acids is 1. The van der Waals surface area contributed by atoms with E-state index in [1.54, 1.807) is 6.07 Å². The number of carbonyl (C=O) groups is 2. The smallest absolute Gasteiger partial charge is 0.315 e. The fourth-order valence-electron chi connectivity index (χ4n) is 2.62. The first-order chi connectivity index (χ1) is 10.4. The molecule has 0 bridgehead atoms. The van der Waals surface area contributed by atoms with Crippen LogP contribution in [-0.4, -0.2) is 23.1 Å². The number of rotatable bonds is 4. The Labute approximate surface area is 136 Å². The zero-order chi connectivity index (χ0) is 16.1. The van der Waals surface area contributed by atoms with Gasteiger partial charge in [-0.05, 0) is 49.4 Å². The van der Waals surface area contributed by atoms with Gasteiger partial charge < -0.3 is 15.7 Å². The second-order valence-corrected chi connectivity index (χ2v) is 6.41. The van der Waals surface area contributed by atoms with Gasteiger partial charge >= 0.3 is 12.0 Å². The van der Waals surface area contributed by atoms with E-state index >= 15 is 0 Å². The number of hydrogen-bond donors (Lipinski definition) is 3. The molecule has 2 amide bonds. The van der Waals surface area contributed by atoms with Crippen molar-refractivity contribution in [1.82, 2.24) is 10.6 Å². The van der Waals surface area contributed by atoms with Gasteiger partial charge in [-0.15, -0.1) is 0 Å². The summed E-state index contributed by atoms with van der Waals surface area (Å²) in [5.41, 5.74) is 0.664. The number of carboxylic acids is 1. The van der Waals surface area contributed by atoms with Gasteiger partial charge in [0.05, 0.1) is 5.92 Å². The number of benzene rings is 1. The molecule has 3 N–H and O–H groups in total. The standard InChI is InChI=1S/C15H18BrFN2O3/c16-11-5-9(6-12(17)7-11)8-18-15(22)19-13-3-1-10(2-4-13)14(20)21/h5-7,10,13H,1-4,8H2,(H,20,21)(H2,18,19,22). The molecule has 0 radical (unpaired) electrons. The normalized spacial score (nSPS) is 21.2. The summed E-state index contributed by atoms with van der Waals surface area (Å²) in [6.45, 7) is 0.229. The van der Waals surface area contributed by atoms with Crippen molar-refractivity contribution in [3.05, 3.63) is 34.1 Å². The molecule has 7 heteroatoms. The van der Waals surface area contributed by atoms with Gasteiger partial charge in [0.2, 0.25) is 0 Å². The molecule has 0 unspecified atom stereocenters. The van der Waals surface area contributed by atoms with Crippen LogP contribution in [0.2, 0.25) is 0 Å². The Morgan fingerprint density at radius 2 is 1.91 bits per heavy atom. The molecule has 1 aliphatic rings. The van der Waals surface area contributed by atoms with Crippen molar-refractivity contribution in [2.75, 3.05) is 0 Å². The molecule has 22 heavy (non-hydrogen) atoms. The van der Waals surface area contributed by atoms with Gasteiger partial charge in [0.15, 0.2) is 0 Å². The average Bonchev–Trinajstić information content (AvgIpc) is 2.45. The summed E-state index contributed by atoms with van der Waals surface area (Å²) in [6.07, 6.45) is 2.49. The molecule has 120 valence electrons. The summed E-state index contributed by atoms with van der Waals surface area (Å²) in [6, 6.07) is 4.13. The van der Waals surface area contributed by atoms with Gasteiger partial charge in [0.1, 0.15) is 5.82 Å². The Bertz CT molecular complexity index is 539. The van der Waals surface area contributed by atoms with E-state index in [4.69, 9.17) is 5.11 Å². The minimum atomic E-state index is -0.764. The number of carbonyl (C=O) groups excluding carboxylic acids is 1. The van der Waals surface area contributed by atoms with Crippen molar-refractivity contribution in [3.63, 3.8) is 0 Å². The van der Waals surface area contributed by atoms with Crippen molar-refractivity contribution < 1.29 is 19.1 Å². The molecule has 5 nitrogen and oxygen atoms in total.